The number of nitrogens with zero attached hydrogens (tertiary/aromatic N) is 3. The van der Waals surface area contributed by atoms with Crippen molar-refractivity contribution in [3.63, 3.8) is 0 Å². The summed E-state index contributed by atoms with van der Waals surface area (Å²) in [7, 11) is -3.16. The smallest absolute Gasteiger partial charge is 0.337 e. The van der Waals surface area contributed by atoms with E-state index in [1.807, 2.05) is 12.1 Å². The van der Waals surface area contributed by atoms with E-state index in [-0.39, 0.29) is 11.5 Å². The molecule has 138 valence electrons. The van der Waals surface area contributed by atoms with Gasteiger partial charge in [-0.05, 0) is 48.9 Å². The van der Waals surface area contributed by atoms with Crippen molar-refractivity contribution < 1.29 is 18.3 Å². The second kappa shape index (κ2) is 7.51. The van der Waals surface area contributed by atoms with Crippen LogP contribution in [-0.4, -0.2) is 53.1 Å². The second-order valence-electron chi connectivity index (χ2n) is 6.65. The summed E-state index contributed by atoms with van der Waals surface area (Å²) in [6.07, 6.45) is 8.44. The largest absolute Gasteiger partial charge is 0.478 e. The molecule has 1 unspecified atom stereocenters. The van der Waals surface area contributed by atoms with Gasteiger partial charge in [0.1, 0.15) is 0 Å². The van der Waals surface area contributed by atoms with Gasteiger partial charge in [-0.2, -0.15) is 0 Å². The monoisotopic (exact) mass is 375 g/mol. The van der Waals surface area contributed by atoms with Crippen LogP contribution in [0.2, 0.25) is 0 Å². The molecule has 0 bridgehead atoms. The topological polar surface area (TPSA) is 100 Å². The minimum absolute atomic E-state index is 0.116. The van der Waals surface area contributed by atoms with E-state index in [0.29, 0.717) is 24.3 Å². The SMILES string of the molecule is CS(=O)(=O)N1CCCC(Cc2ccnc(-c3cncc(C(=O)O)c3)c2)C1. The van der Waals surface area contributed by atoms with Gasteiger partial charge in [0.2, 0.25) is 10.0 Å². The summed E-state index contributed by atoms with van der Waals surface area (Å²) in [6, 6.07) is 5.38. The van der Waals surface area contributed by atoms with Crippen LogP contribution in [-0.2, 0) is 16.4 Å². The van der Waals surface area contributed by atoms with Crippen molar-refractivity contribution in [2.75, 3.05) is 19.3 Å². The molecule has 1 aliphatic heterocycles. The van der Waals surface area contributed by atoms with Crippen LogP contribution in [0.3, 0.4) is 0 Å². The molecule has 3 rings (SSSR count). The molecule has 0 radical (unpaired) electrons. The van der Waals surface area contributed by atoms with Crippen molar-refractivity contribution in [3.05, 3.63) is 47.9 Å². The van der Waals surface area contributed by atoms with Crippen molar-refractivity contribution in [1.82, 2.24) is 14.3 Å². The molecule has 1 atom stereocenters. The lowest BCUT2D eigenvalue weighted by atomic mass is 9.92. The Morgan fingerprint density at radius 1 is 1.35 bits per heavy atom. The molecule has 0 amide bonds. The number of rotatable bonds is 5. The van der Waals surface area contributed by atoms with Crippen molar-refractivity contribution in [2.45, 2.75) is 19.3 Å². The molecule has 2 aromatic heterocycles. The van der Waals surface area contributed by atoms with Gasteiger partial charge in [-0.15, -0.1) is 0 Å². The predicted molar refractivity (Wildman–Crippen MR) is 97.3 cm³/mol. The molecule has 3 heterocycles. The molecule has 0 aliphatic carbocycles. The molecular weight excluding hydrogens is 354 g/mol. The summed E-state index contributed by atoms with van der Waals surface area (Å²) in [6.45, 7) is 1.12. The summed E-state index contributed by atoms with van der Waals surface area (Å²) in [5, 5.41) is 9.10. The molecule has 26 heavy (non-hydrogen) atoms. The van der Waals surface area contributed by atoms with E-state index in [4.69, 9.17) is 5.11 Å². The van der Waals surface area contributed by atoms with E-state index >= 15 is 0 Å². The summed E-state index contributed by atoms with van der Waals surface area (Å²) in [5.41, 5.74) is 2.48. The van der Waals surface area contributed by atoms with Gasteiger partial charge in [-0.25, -0.2) is 17.5 Å². The fourth-order valence-electron chi connectivity index (χ4n) is 3.28. The van der Waals surface area contributed by atoms with Crippen molar-refractivity contribution in [3.8, 4) is 11.3 Å². The van der Waals surface area contributed by atoms with Crippen LogP contribution in [0.1, 0.15) is 28.8 Å². The number of piperidine rings is 1. The number of carboxylic acids is 1. The Morgan fingerprint density at radius 2 is 2.15 bits per heavy atom. The fourth-order valence-corrected chi connectivity index (χ4v) is 4.23. The highest BCUT2D eigenvalue weighted by molar-refractivity contribution is 7.88. The second-order valence-corrected chi connectivity index (χ2v) is 8.63. The molecule has 1 aliphatic rings. The number of pyridine rings is 2. The quantitative estimate of drug-likeness (QED) is 0.858. The van der Waals surface area contributed by atoms with Crippen molar-refractivity contribution in [2.24, 2.45) is 5.92 Å². The predicted octanol–water partition coefficient (Wildman–Crippen LogP) is 2.06. The zero-order valence-corrected chi connectivity index (χ0v) is 15.3. The lowest BCUT2D eigenvalue weighted by molar-refractivity contribution is 0.0696. The molecule has 0 aromatic carbocycles. The van der Waals surface area contributed by atoms with Gasteiger partial charge in [0.25, 0.3) is 0 Å². The van der Waals surface area contributed by atoms with E-state index in [2.05, 4.69) is 9.97 Å². The number of carboxylic acid groups (broad SMARTS) is 1. The Hall–Kier alpha value is -2.32. The Labute approximate surface area is 152 Å². The summed E-state index contributed by atoms with van der Waals surface area (Å²) >= 11 is 0. The van der Waals surface area contributed by atoms with Crippen LogP contribution in [0, 0.1) is 5.92 Å². The van der Waals surface area contributed by atoms with Crippen LogP contribution in [0.25, 0.3) is 11.3 Å². The van der Waals surface area contributed by atoms with Gasteiger partial charge < -0.3 is 5.11 Å². The van der Waals surface area contributed by atoms with E-state index in [1.165, 1.54) is 12.5 Å². The Balaban J connectivity index is 1.77. The lowest BCUT2D eigenvalue weighted by Gasteiger charge is -2.31. The maximum absolute atomic E-state index is 11.8. The third-order valence-corrected chi connectivity index (χ3v) is 5.85. The number of carbonyl (C=O) groups is 1. The zero-order chi connectivity index (χ0) is 18.7. The van der Waals surface area contributed by atoms with Crippen LogP contribution in [0.15, 0.2) is 36.8 Å². The fraction of sp³-hybridized carbons (Fsp3) is 0.389. The molecular formula is C18H21N3O4S. The van der Waals surface area contributed by atoms with Gasteiger partial charge >= 0.3 is 5.97 Å². The molecule has 8 heteroatoms. The van der Waals surface area contributed by atoms with Crippen LogP contribution in [0.5, 0.6) is 0 Å². The first kappa shape index (κ1) is 18.5. The van der Waals surface area contributed by atoms with Crippen molar-refractivity contribution >= 4 is 16.0 Å². The third-order valence-electron chi connectivity index (χ3n) is 4.58. The van der Waals surface area contributed by atoms with Gasteiger partial charge in [0, 0.05) is 37.2 Å². The third kappa shape index (κ3) is 4.44. The number of sulfonamides is 1. The highest BCUT2D eigenvalue weighted by atomic mass is 32.2. The van der Waals surface area contributed by atoms with E-state index in [1.54, 1.807) is 22.8 Å². The van der Waals surface area contributed by atoms with Gasteiger partial charge in [-0.1, -0.05) is 0 Å². The number of hydrogen-bond acceptors (Lipinski definition) is 5. The Morgan fingerprint density at radius 3 is 2.88 bits per heavy atom. The van der Waals surface area contributed by atoms with E-state index in [0.717, 1.165) is 24.8 Å². The van der Waals surface area contributed by atoms with E-state index < -0.39 is 16.0 Å². The first-order chi connectivity index (χ1) is 12.3. The van der Waals surface area contributed by atoms with Crippen molar-refractivity contribution in [1.29, 1.82) is 0 Å². The average Bonchev–Trinajstić information content (AvgIpc) is 2.61. The average molecular weight is 375 g/mol. The molecule has 0 saturated carbocycles. The molecule has 1 fully saturated rings. The van der Waals surface area contributed by atoms with Gasteiger partial charge in [0.15, 0.2) is 0 Å². The van der Waals surface area contributed by atoms with E-state index in [9.17, 15) is 13.2 Å². The highest BCUT2D eigenvalue weighted by Gasteiger charge is 2.26. The maximum Gasteiger partial charge on any atom is 0.337 e. The summed E-state index contributed by atoms with van der Waals surface area (Å²) in [4.78, 5) is 19.4. The summed E-state index contributed by atoms with van der Waals surface area (Å²) < 4.78 is 25.1. The first-order valence-electron chi connectivity index (χ1n) is 8.41. The molecule has 7 nitrogen and oxygen atoms in total. The standard InChI is InChI=1S/C18H21N3O4S/c1-26(24,25)21-6-2-3-14(12-21)7-13-4-5-20-17(8-13)15-9-16(18(22)23)11-19-10-15/h4-5,8-11,14H,2-3,6-7,12H2,1H3,(H,22,23). The summed E-state index contributed by atoms with van der Waals surface area (Å²) in [5.74, 6) is -0.768. The van der Waals surface area contributed by atoms with Crippen LogP contribution in [0.4, 0.5) is 0 Å². The molecule has 0 spiro atoms. The molecule has 2 aromatic rings. The van der Waals surface area contributed by atoms with Crippen LogP contribution < -0.4 is 0 Å². The lowest BCUT2D eigenvalue weighted by Crippen LogP contribution is -2.39. The highest BCUT2D eigenvalue weighted by Crippen LogP contribution is 2.24. The minimum Gasteiger partial charge on any atom is -0.478 e. The van der Waals surface area contributed by atoms with Gasteiger partial charge in [0.05, 0.1) is 17.5 Å². The molecule has 1 N–H and O–H groups in total. The minimum atomic E-state index is -3.16. The zero-order valence-electron chi connectivity index (χ0n) is 14.5. The normalized spacial score (nSPS) is 18.6. The first-order valence-corrected chi connectivity index (χ1v) is 10.3. The Kier molecular flexibility index (Phi) is 5.33. The van der Waals surface area contributed by atoms with Crippen LogP contribution >= 0.6 is 0 Å². The maximum atomic E-state index is 11.8. The Bertz CT molecular complexity index is 914. The van der Waals surface area contributed by atoms with Gasteiger partial charge in [-0.3, -0.25) is 9.97 Å². The number of aromatic nitrogens is 2. The number of hydrogen-bond donors (Lipinski definition) is 1. The number of aromatic carboxylic acids is 1. The molecule has 1 saturated heterocycles.